The van der Waals surface area contributed by atoms with Crippen LogP contribution in [0.2, 0.25) is 0 Å². The van der Waals surface area contributed by atoms with E-state index < -0.39 is 0 Å². The number of benzene rings is 2. The lowest BCUT2D eigenvalue weighted by Gasteiger charge is -2.23. The number of hydrogen-bond donors (Lipinski definition) is 3. The first-order chi connectivity index (χ1) is 12.2. The van der Waals surface area contributed by atoms with Crippen molar-refractivity contribution >= 4 is 11.5 Å². The van der Waals surface area contributed by atoms with Gasteiger partial charge in [-0.2, -0.15) is 0 Å². The molecule has 128 valence electrons. The first-order valence-electron chi connectivity index (χ1n) is 8.62. The summed E-state index contributed by atoms with van der Waals surface area (Å²) in [5, 5.41) is 13.5. The van der Waals surface area contributed by atoms with Crippen LogP contribution in [0.5, 0.6) is 5.75 Å². The van der Waals surface area contributed by atoms with Crippen molar-refractivity contribution in [2.24, 2.45) is 0 Å². The molecule has 2 aromatic carbocycles. The summed E-state index contributed by atoms with van der Waals surface area (Å²) < 4.78 is 5.21. The van der Waals surface area contributed by atoms with E-state index in [4.69, 9.17) is 4.74 Å². The SMILES string of the molecule is COc1ccc(-c2ccc(Nc3cccc4c3CC(O)CC4)[nH]2)cc1. The molecule has 1 aliphatic carbocycles. The Morgan fingerprint density at radius 3 is 2.72 bits per heavy atom. The number of H-pyrrole nitrogens is 1. The van der Waals surface area contributed by atoms with E-state index in [1.807, 2.05) is 30.3 Å². The quantitative estimate of drug-likeness (QED) is 0.667. The molecule has 1 aromatic heterocycles. The molecule has 0 saturated carbocycles. The Morgan fingerprint density at radius 2 is 1.92 bits per heavy atom. The molecule has 0 aliphatic heterocycles. The molecule has 1 atom stereocenters. The zero-order chi connectivity index (χ0) is 17.2. The average Bonchev–Trinajstić information content (AvgIpc) is 3.11. The van der Waals surface area contributed by atoms with E-state index in [9.17, 15) is 5.11 Å². The third kappa shape index (κ3) is 3.26. The topological polar surface area (TPSA) is 57.3 Å². The highest BCUT2D eigenvalue weighted by molar-refractivity contribution is 5.68. The molecule has 1 unspecified atom stereocenters. The van der Waals surface area contributed by atoms with Crippen molar-refractivity contribution in [2.75, 3.05) is 12.4 Å². The molecule has 0 spiro atoms. The monoisotopic (exact) mass is 334 g/mol. The van der Waals surface area contributed by atoms with Gasteiger partial charge in [0.25, 0.3) is 0 Å². The Balaban J connectivity index is 1.57. The number of nitrogens with one attached hydrogen (secondary N) is 2. The Morgan fingerprint density at radius 1 is 1.08 bits per heavy atom. The Bertz CT molecular complexity index is 868. The van der Waals surface area contributed by atoms with Crippen molar-refractivity contribution in [3.8, 4) is 17.0 Å². The van der Waals surface area contributed by atoms with Crippen LogP contribution in [-0.4, -0.2) is 23.3 Å². The number of aryl methyl sites for hydroxylation is 1. The largest absolute Gasteiger partial charge is 0.497 e. The smallest absolute Gasteiger partial charge is 0.118 e. The van der Waals surface area contributed by atoms with Gasteiger partial charge in [0.05, 0.1) is 13.2 Å². The fourth-order valence-corrected chi connectivity index (χ4v) is 3.44. The minimum absolute atomic E-state index is 0.242. The zero-order valence-electron chi connectivity index (χ0n) is 14.3. The van der Waals surface area contributed by atoms with Crippen LogP contribution in [0, 0.1) is 0 Å². The molecule has 4 nitrogen and oxygen atoms in total. The van der Waals surface area contributed by atoms with E-state index in [1.165, 1.54) is 11.1 Å². The van der Waals surface area contributed by atoms with Gasteiger partial charge in [-0.05, 0) is 72.0 Å². The summed E-state index contributed by atoms with van der Waals surface area (Å²) in [6.45, 7) is 0. The van der Waals surface area contributed by atoms with Crippen LogP contribution < -0.4 is 10.1 Å². The summed E-state index contributed by atoms with van der Waals surface area (Å²) in [7, 11) is 1.67. The summed E-state index contributed by atoms with van der Waals surface area (Å²) in [5.41, 5.74) is 5.79. The Labute approximate surface area is 147 Å². The third-order valence-corrected chi connectivity index (χ3v) is 4.82. The van der Waals surface area contributed by atoms with Gasteiger partial charge in [-0.3, -0.25) is 0 Å². The lowest BCUT2D eigenvalue weighted by Crippen LogP contribution is -2.19. The van der Waals surface area contributed by atoms with Crippen LogP contribution >= 0.6 is 0 Å². The second kappa shape index (κ2) is 6.65. The first kappa shape index (κ1) is 15.8. The molecule has 0 bridgehead atoms. The van der Waals surface area contributed by atoms with Crippen LogP contribution in [-0.2, 0) is 12.8 Å². The molecule has 1 heterocycles. The van der Waals surface area contributed by atoms with Crippen molar-refractivity contribution in [1.82, 2.24) is 4.98 Å². The van der Waals surface area contributed by atoms with E-state index in [0.29, 0.717) is 6.42 Å². The summed E-state index contributed by atoms with van der Waals surface area (Å²) in [5.74, 6) is 1.79. The van der Waals surface area contributed by atoms with Crippen molar-refractivity contribution in [3.63, 3.8) is 0 Å². The van der Waals surface area contributed by atoms with Gasteiger partial charge in [-0.1, -0.05) is 12.1 Å². The maximum Gasteiger partial charge on any atom is 0.118 e. The number of aromatic nitrogens is 1. The fourth-order valence-electron chi connectivity index (χ4n) is 3.44. The molecule has 3 N–H and O–H groups in total. The predicted octanol–water partition coefficient (Wildman–Crippen LogP) is 4.28. The average molecular weight is 334 g/mol. The van der Waals surface area contributed by atoms with Crippen LogP contribution in [0.25, 0.3) is 11.3 Å². The van der Waals surface area contributed by atoms with Crippen LogP contribution in [0.3, 0.4) is 0 Å². The predicted molar refractivity (Wildman–Crippen MR) is 101 cm³/mol. The molecule has 0 amide bonds. The molecule has 0 saturated heterocycles. The number of methoxy groups -OCH3 is 1. The van der Waals surface area contributed by atoms with E-state index in [2.05, 4.69) is 34.6 Å². The Hall–Kier alpha value is -2.72. The van der Waals surface area contributed by atoms with Gasteiger partial charge in [0, 0.05) is 17.8 Å². The molecule has 3 aromatic rings. The standard InChI is InChI=1S/C21H22N2O2/c1-25-17-9-6-15(7-10-17)19-11-12-21(22-19)23-20-4-2-3-14-5-8-16(24)13-18(14)20/h2-4,6-7,9-12,16,22-24H,5,8,13H2,1H3. The third-order valence-electron chi connectivity index (χ3n) is 4.82. The molecule has 0 fully saturated rings. The first-order valence-corrected chi connectivity index (χ1v) is 8.62. The lowest BCUT2D eigenvalue weighted by molar-refractivity contribution is 0.159. The van der Waals surface area contributed by atoms with Crippen molar-refractivity contribution < 1.29 is 9.84 Å². The number of aliphatic hydroxyl groups excluding tert-OH is 1. The van der Waals surface area contributed by atoms with Crippen LogP contribution in [0.15, 0.2) is 54.6 Å². The number of ether oxygens (including phenoxy) is 1. The molecular weight excluding hydrogens is 312 g/mol. The Kier molecular flexibility index (Phi) is 4.20. The molecule has 25 heavy (non-hydrogen) atoms. The number of fused-ring (bicyclic) bond motifs is 1. The molecular formula is C21H22N2O2. The zero-order valence-corrected chi connectivity index (χ0v) is 14.3. The van der Waals surface area contributed by atoms with Gasteiger partial charge in [0.15, 0.2) is 0 Å². The number of aliphatic hydroxyl groups is 1. The van der Waals surface area contributed by atoms with Gasteiger partial charge >= 0.3 is 0 Å². The molecule has 4 rings (SSSR count). The van der Waals surface area contributed by atoms with E-state index in [1.54, 1.807) is 7.11 Å². The van der Waals surface area contributed by atoms with Gasteiger partial charge in [-0.15, -0.1) is 0 Å². The summed E-state index contributed by atoms with van der Waals surface area (Å²) in [6.07, 6.45) is 2.26. The van der Waals surface area contributed by atoms with E-state index >= 15 is 0 Å². The maximum atomic E-state index is 10.00. The molecule has 1 aliphatic rings. The second-order valence-corrected chi connectivity index (χ2v) is 6.48. The normalized spacial score (nSPS) is 16.3. The number of aromatic amines is 1. The maximum absolute atomic E-state index is 10.00. The van der Waals surface area contributed by atoms with Crippen molar-refractivity contribution in [2.45, 2.75) is 25.4 Å². The fraction of sp³-hybridized carbons (Fsp3) is 0.238. The van der Waals surface area contributed by atoms with E-state index in [0.717, 1.165) is 41.4 Å². The summed E-state index contributed by atoms with van der Waals surface area (Å²) >= 11 is 0. The van der Waals surface area contributed by atoms with Crippen molar-refractivity contribution in [3.05, 3.63) is 65.7 Å². The van der Waals surface area contributed by atoms with Gasteiger partial charge in [0.2, 0.25) is 0 Å². The van der Waals surface area contributed by atoms with Gasteiger partial charge < -0.3 is 20.1 Å². The highest BCUT2D eigenvalue weighted by Crippen LogP contribution is 2.31. The molecule has 4 heteroatoms. The van der Waals surface area contributed by atoms with Crippen LogP contribution in [0.1, 0.15) is 17.5 Å². The second-order valence-electron chi connectivity index (χ2n) is 6.48. The minimum Gasteiger partial charge on any atom is -0.497 e. The number of hydrogen-bond acceptors (Lipinski definition) is 3. The van der Waals surface area contributed by atoms with E-state index in [-0.39, 0.29) is 6.10 Å². The minimum atomic E-state index is -0.242. The van der Waals surface area contributed by atoms with Crippen LogP contribution in [0.4, 0.5) is 11.5 Å². The highest BCUT2D eigenvalue weighted by Gasteiger charge is 2.19. The summed E-state index contributed by atoms with van der Waals surface area (Å²) in [4.78, 5) is 3.42. The van der Waals surface area contributed by atoms with Crippen molar-refractivity contribution in [1.29, 1.82) is 0 Å². The van der Waals surface area contributed by atoms with Gasteiger partial charge in [-0.25, -0.2) is 0 Å². The van der Waals surface area contributed by atoms with Gasteiger partial charge in [0.1, 0.15) is 11.6 Å². The summed E-state index contributed by atoms with van der Waals surface area (Å²) in [6, 6.07) is 18.4. The number of rotatable bonds is 4. The highest BCUT2D eigenvalue weighted by atomic mass is 16.5. The number of anilines is 2. The molecule has 0 radical (unpaired) electrons. The lowest BCUT2D eigenvalue weighted by atomic mass is 9.88.